The van der Waals surface area contributed by atoms with E-state index in [2.05, 4.69) is 16.0 Å². The van der Waals surface area contributed by atoms with Crippen LogP contribution in [-0.2, 0) is 11.3 Å². The van der Waals surface area contributed by atoms with Crippen LogP contribution >= 0.6 is 12.4 Å². The van der Waals surface area contributed by atoms with Crippen molar-refractivity contribution in [1.29, 1.82) is 0 Å². The molecule has 0 spiro atoms. The minimum Gasteiger partial charge on any atom is -0.348 e. The van der Waals surface area contributed by atoms with Crippen molar-refractivity contribution >= 4 is 29.9 Å². The summed E-state index contributed by atoms with van der Waals surface area (Å²) in [7, 11) is 0. The predicted octanol–water partition coefficient (Wildman–Crippen LogP) is 3.12. The first kappa shape index (κ1) is 20.9. The van der Waals surface area contributed by atoms with Crippen molar-refractivity contribution in [2.45, 2.75) is 19.4 Å². The number of anilines is 1. The lowest BCUT2D eigenvalue weighted by molar-refractivity contribution is -0.115. The summed E-state index contributed by atoms with van der Waals surface area (Å²) in [5, 5.41) is 8.71. The lowest BCUT2D eigenvalue weighted by Crippen LogP contribution is -2.29. The smallest absolute Gasteiger partial charge is 0.251 e. The molecule has 0 bridgehead atoms. The van der Waals surface area contributed by atoms with E-state index in [-0.39, 0.29) is 36.6 Å². The maximum Gasteiger partial charge on any atom is 0.251 e. The molecule has 1 aliphatic rings. The molecule has 0 atom stereocenters. The van der Waals surface area contributed by atoms with Gasteiger partial charge >= 0.3 is 0 Å². The van der Waals surface area contributed by atoms with E-state index in [1.54, 1.807) is 36.4 Å². The third kappa shape index (κ3) is 7.00. The highest BCUT2D eigenvalue weighted by Gasteiger charge is 2.20. The highest BCUT2D eigenvalue weighted by molar-refractivity contribution is 5.96. The van der Waals surface area contributed by atoms with Gasteiger partial charge in [0.15, 0.2) is 0 Å². The number of halogens is 2. The molecule has 3 N–H and O–H groups in total. The molecule has 5 nitrogen and oxygen atoms in total. The van der Waals surface area contributed by atoms with Crippen LogP contribution in [0, 0.1) is 11.7 Å². The van der Waals surface area contributed by atoms with Gasteiger partial charge in [0, 0.05) is 17.8 Å². The molecular weight excluding hydrogens is 369 g/mol. The topological polar surface area (TPSA) is 70.2 Å². The number of rotatable bonds is 8. The minimum absolute atomic E-state index is 0. The van der Waals surface area contributed by atoms with Gasteiger partial charge in [-0.05, 0) is 67.3 Å². The molecule has 0 aromatic heterocycles. The van der Waals surface area contributed by atoms with Crippen LogP contribution in [0.5, 0.6) is 0 Å². The van der Waals surface area contributed by atoms with Crippen molar-refractivity contribution in [3.05, 3.63) is 65.5 Å². The summed E-state index contributed by atoms with van der Waals surface area (Å²) in [6.07, 6.45) is 2.50. The Bertz CT molecular complexity index is 762. The Hall–Kier alpha value is -2.44. The molecule has 2 amide bonds. The number of hydrogen-bond acceptors (Lipinski definition) is 3. The fraction of sp³-hybridized carbons (Fsp3) is 0.300. The van der Waals surface area contributed by atoms with E-state index in [9.17, 15) is 14.0 Å². The van der Waals surface area contributed by atoms with Crippen LogP contribution in [0.2, 0.25) is 0 Å². The van der Waals surface area contributed by atoms with Crippen LogP contribution in [0.3, 0.4) is 0 Å². The molecule has 27 heavy (non-hydrogen) atoms. The number of carbonyl (C=O) groups is 2. The molecular formula is C20H23ClFN3O2. The number of benzene rings is 2. The van der Waals surface area contributed by atoms with Gasteiger partial charge in [-0.25, -0.2) is 4.39 Å². The molecule has 144 valence electrons. The third-order valence-electron chi connectivity index (χ3n) is 4.21. The molecule has 0 unspecified atom stereocenters. The van der Waals surface area contributed by atoms with Gasteiger partial charge in [-0.2, -0.15) is 0 Å². The summed E-state index contributed by atoms with van der Waals surface area (Å²) < 4.78 is 12.9. The average molecular weight is 392 g/mol. The molecule has 3 rings (SSSR count). The van der Waals surface area contributed by atoms with E-state index in [1.807, 2.05) is 0 Å². The second-order valence-electron chi connectivity index (χ2n) is 6.51. The lowest BCUT2D eigenvalue weighted by Gasteiger charge is -2.08. The van der Waals surface area contributed by atoms with E-state index in [1.165, 1.54) is 25.0 Å². The summed E-state index contributed by atoms with van der Waals surface area (Å²) in [6, 6.07) is 12.7. The van der Waals surface area contributed by atoms with E-state index >= 15 is 0 Å². The fourth-order valence-corrected chi connectivity index (χ4v) is 2.51. The largest absolute Gasteiger partial charge is 0.348 e. The molecule has 0 saturated heterocycles. The quantitative estimate of drug-likeness (QED) is 0.647. The van der Waals surface area contributed by atoms with E-state index in [0.717, 1.165) is 18.0 Å². The molecule has 7 heteroatoms. The van der Waals surface area contributed by atoms with E-state index in [4.69, 9.17) is 0 Å². The Morgan fingerprint density at radius 1 is 1.00 bits per heavy atom. The standard InChI is InChI=1S/C20H22FN3O2.ClH/c21-17-7-3-15(4-8-17)12-23-20(26)16-5-9-18(10-6-16)24-19(25)13-22-11-14-1-2-14;/h3-10,14,22H,1-2,11-13H2,(H,23,26)(H,24,25);1H. The van der Waals surface area contributed by atoms with Gasteiger partial charge in [-0.15, -0.1) is 12.4 Å². The SMILES string of the molecule is Cl.O=C(CNCC1CC1)Nc1ccc(C(=O)NCc2ccc(F)cc2)cc1. The van der Waals surface area contributed by atoms with Crippen molar-refractivity contribution in [3.8, 4) is 0 Å². The molecule has 0 radical (unpaired) electrons. The molecule has 0 heterocycles. The Labute approximate surface area is 164 Å². The summed E-state index contributed by atoms with van der Waals surface area (Å²) >= 11 is 0. The van der Waals surface area contributed by atoms with Gasteiger partial charge in [0.25, 0.3) is 5.91 Å². The van der Waals surface area contributed by atoms with Crippen LogP contribution in [0.15, 0.2) is 48.5 Å². The van der Waals surface area contributed by atoms with Gasteiger partial charge in [-0.3, -0.25) is 9.59 Å². The Morgan fingerprint density at radius 2 is 1.67 bits per heavy atom. The van der Waals surface area contributed by atoms with Crippen LogP contribution in [0.1, 0.15) is 28.8 Å². The molecule has 0 aliphatic heterocycles. The van der Waals surface area contributed by atoms with Crippen molar-refractivity contribution in [1.82, 2.24) is 10.6 Å². The maximum atomic E-state index is 12.9. The minimum atomic E-state index is -0.305. The number of hydrogen-bond donors (Lipinski definition) is 3. The second-order valence-corrected chi connectivity index (χ2v) is 6.51. The Kier molecular flexibility index (Phi) is 7.76. The average Bonchev–Trinajstić information content (AvgIpc) is 3.46. The van der Waals surface area contributed by atoms with E-state index in [0.29, 0.717) is 17.8 Å². The summed E-state index contributed by atoms with van der Waals surface area (Å²) in [4.78, 5) is 24.0. The van der Waals surface area contributed by atoms with Gasteiger partial charge in [-0.1, -0.05) is 12.1 Å². The normalized spacial score (nSPS) is 12.8. The monoisotopic (exact) mass is 391 g/mol. The van der Waals surface area contributed by atoms with Crippen LogP contribution in [-0.4, -0.2) is 24.9 Å². The summed E-state index contributed by atoms with van der Waals surface area (Å²) in [5.41, 5.74) is 1.97. The highest BCUT2D eigenvalue weighted by atomic mass is 35.5. The predicted molar refractivity (Wildman–Crippen MR) is 105 cm³/mol. The molecule has 1 saturated carbocycles. The fourth-order valence-electron chi connectivity index (χ4n) is 2.51. The molecule has 2 aromatic rings. The van der Waals surface area contributed by atoms with E-state index < -0.39 is 0 Å². The number of carbonyl (C=O) groups excluding carboxylic acids is 2. The van der Waals surface area contributed by atoms with Crippen molar-refractivity contribution in [2.24, 2.45) is 5.92 Å². The number of nitrogens with one attached hydrogen (secondary N) is 3. The third-order valence-corrected chi connectivity index (χ3v) is 4.21. The van der Waals surface area contributed by atoms with Gasteiger partial charge in [0.05, 0.1) is 6.54 Å². The van der Waals surface area contributed by atoms with Crippen molar-refractivity contribution in [3.63, 3.8) is 0 Å². The first-order valence-corrected chi connectivity index (χ1v) is 8.73. The van der Waals surface area contributed by atoms with Crippen molar-refractivity contribution in [2.75, 3.05) is 18.4 Å². The zero-order chi connectivity index (χ0) is 18.4. The zero-order valence-electron chi connectivity index (χ0n) is 14.8. The van der Waals surface area contributed by atoms with Crippen LogP contribution < -0.4 is 16.0 Å². The number of amides is 2. The van der Waals surface area contributed by atoms with Gasteiger partial charge in [0.2, 0.25) is 5.91 Å². The van der Waals surface area contributed by atoms with Crippen LogP contribution in [0.4, 0.5) is 10.1 Å². The summed E-state index contributed by atoms with van der Waals surface area (Å²) in [5.74, 6) is 0.105. The first-order chi connectivity index (χ1) is 12.6. The summed E-state index contributed by atoms with van der Waals surface area (Å²) in [6.45, 7) is 1.50. The zero-order valence-corrected chi connectivity index (χ0v) is 15.7. The second kappa shape index (κ2) is 10.0. The van der Waals surface area contributed by atoms with Gasteiger partial charge in [0.1, 0.15) is 5.82 Å². The van der Waals surface area contributed by atoms with Crippen molar-refractivity contribution < 1.29 is 14.0 Å². The first-order valence-electron chi connectivity index (χ1n) is 8.73. The lowest BCUT2D eigenvalue weighted by atomic mass is 10.1. The maximum absolute atomic E-state index is 12.9. The molecule has 2 aromatic carbocycles. The Morgan fingerprint density at radius 3 is 2.30 bits per heavy atom. The van der Waals surface area contributed by atoms with Crippen LogP contribution in [0.25, 0.3) is 0 Å². The highest BCUT2D eigenvalue weighted by Crippen LogP contribution is 2.27. The molecule has 1 aliphatic carbocycles. The molecule has 1 fully saturated rings. The van der Waals surface area contributed by atoms with Gasteiger partial charge < -0.3 is 16.0 Å². The Balaban J connectivity index is 0.00000261.